The molecule has 1 aliphatic rings. The van der Waals surface area contributed by atoms with Crippen molar-refractivity contribution in [2.24, 2.45) is 0 Å². The fraction of sp³-hybridized carbons (Fsp3) is 0.636. The van der Waals surface area contributed by atoms with Gasteiger partial charge in [-0.1, -0.05) is 0 Å². The number of nitrogens with zero attached hydrogens (tertiary/aromatic N) is 2. The lowest BCUT2D eigenvalue weighted by molar-refractivity contribution is -0.132. The molecule has 6 heteroatoms. The number of aromatic nitrogens is 1. The third-order valence-electron chi connectivity index (χ3n) is 2.80. The van der Waals surface area contributed by atoms with E-state index < -0.39 is 0 Å². The minimum atomic E-state index is 0. The molecule has 0 bridgehead atoms. The van der Waals surface area contributed by atoms with Crippen LogP contribution in [0.3, 0.4) is 0 Å². The number of halogens is 1. The zero-order chi connectivity index (χ0) is 11.5. The molecule has 0 saturated carbocycles. The van der Waals surface area contributed by atoms with Gasteiger partial charge in [0, 0.05) is 18.1 Å². The number of hydrogen-bond acceptors (Lipinski definition) is 4. The van der Waals surface area contributed by atoms with Crippen LogP contribution < -0.4 is 5.32 Å². The van der Waals surface area contributed by atoms with E-state index in [1.54, 1.807) is 16.2 Å². The Labute approximate surface area is 112 Å². The maximum atomic E-state index is 12.0. The van der Waals surface area contributed by atoms with Gasteiger partial charge in [0.1, 0.15) is 0 Å². The van der Waals surface area contributed by atoms with Crippen molar-refractivity contribution in [2.75, 3.05) is 13.6 Å². The molecule has 1 amide bonds. The molecule has 1 atom stereocenters. The van der Waals surface area contributed by atoms with Crippen LogP contribution in [0.25, 0.3) is 0 Å². The van der Waals surface area contributed by atoms with Gasteiger partial charge in [0.15, 0.2) is 0 Å². The van der Waals surface area contributed by atoms with Crippen LogP contribution in [0.15, 0.2) is 6.20 Å². The maximum absolute atomic E-state index is 12.0. The second-order valence-corrected chi connectivity index (χ2v) is 5.51. The van der Waals surface area contributed by atoms with Crippen LogP contribution in [0, 0.1) is 6.92 Å². The zero-order valence-corrected chi connectivity index (χ0v) is 11.7. The first-order chi connectivity index (χ1) is 7.66. The number of carbonyl (C=O) groups excluding carboxylic acids is 1. The van der Waals surface area contributed by atoms with Gasteiger partial charge in [-0.05, 0) is 26.3 Å². The summed E-state index contributed by atoms with van der Waals surface area (Å²) in [6.07, 6.45) is 3.92. The SMILES string of the molecule is Cc1ncc(CN(C)C(=O)C2CCCN2)s1.Cl. The molecule has 4 nitrogen and oxygen atoms in total. The molecular formula is C11H18ClN3OS. The van der Waals surface area contributed by atoms with Crippen molar-refractivity contribution in [3.8, 4) is 0 Å². The number of carbonyl (C=O) groups is 1. The lowest BCUT2D eigenvalue weighted by Crippen LogP contribution is -2.41. The van der Waals surface area contributed by atoms with Crippen LogP contribution in [0.1, 0.15) is 22.7 Å². The molecular weight excluding hydrogens is 258 g/mol. The fourth-order valence-corrected chi connectivity index (χ4v) is 2.80. The largest absolute Gasteiger partial charge is 0.339 e. The van der Waals surface area contributed by atoms with E-state index in [0.29, 0.717) is 6.54 Å². The van der Waals surface area contributed by atoms with Crippen molar-refractivity contribution in [3.63, 3.8) is 0 Å². The van der Waals surface area contributed by atoms with Gasteiger partial charge in [-0.2, -0.15) is 0 Å². The van der Waals surface area contributed by atoms with Gasteiger partial charge >= 0.3 is 0 Å². The lowest BCUT2D eigenvalue weighted by atomic mass is 10.2. The predicted molar refractivity (Wildman–Crippen MR) is 71.6 cm³/mol. The Morgan fingerprint density at radius 1 is 1.71 bits per heavy atom. The maximum Gasteiger partial charge on any atom is 0.239 e. The molecule has 2 rings (SSSR count). The molecule has 1 fully saturated rings. The van der Waals surface area contributed by atoms with Gasteiger partial charge in [0.2, 0.25) is 5.91 Å². The Morgan fingerprint density at radius 2 is 2.47 bits per heavy atom. The molecule has 0 spiro atoms. The van der Waals surface area contributed by atoms with Gasteiger partial charge in [-0.15, -0.1) is 23.7 Å². The smallest absolute Gasteiger partial charge is 0.239 e. The topological polar surface area (TPSA) is 45.2 Å². The Hall–Kier alpha value is -0.650. The van der Waals surface area contributed by atoms with E-state index in [2.05, 4.69) is 10.3 Å². The van der Waals surface area contributed by atoms with Gasteiger partial charge in [-0.3, -0.25) is 4.79 Å². The summed E-state index contributed by atoms with van der Waals surface area (Å²) in [5, 5.41) is 4.28. The van der Waals surface area contributed by atoms with Crippen molar-refractivity contribution in [1.82, 2.24) is 15.2 Å². The van der Waals surface area contributed by atoms with E-state index in [-0.39, 0.29) is 24.4 Å². The average molecular weight is 276 g/mol. The van der Waals surface area contributed by atoms with Crippen LogP contribution in [0.2, 0.25) is 0 Å². The van der Waals surface area contributed by atoms with Gasteiger partial charge in [0.05, 0.1) is 17.6 Å². The third-order valence-corrected chi connectivity index (χ3v) is 3.69. The number of thiazole rings is 1. The first-order valence-corrected chi connectivity index (χ1v) is 6.38. The molecule has 2 heterocycles. The highest BCUT2D eigenvalue weighted by molar-refractivity contribution is 7.11. The van der Waals surface area contributed by atoms with Crippen LogP contribution in [0.4, 0.5) is 0 Å². The van der Waals surface area contributed by atoms with E-state index in [0.717, 1.165) is 29.3 Å². The molecule has 0 aromatic carbocycles. The number of likely N-dealkylation sites (N-methyl/N-ethyl adjacent to an activating group) is 1. The fourth-order valence-electron chi connectivity index (χ4n) is 1.95. The first-order valence-electron chi connectivity index (χ1n) is 5.56. The second kappa shape index (κ2) is 6.33. The van der Waals surface area contributed by atoms with Crippen molar-refractivity contribution in [3.05, 3.63) is 16.1 Å². The minimum absolute atomic E-state index is 0. The standard InChI is InChI=1S/C11H17N3OS.ClH/c1-8-13-6-9(16-8)7-14(2)11(15)10-4-3-5-12-10;/h6,10,12H,3-5,7H2,1-2H3;1H. The minimum Gasteiger partial charge on any atom is -0.339 e. The molecule has 0 aliphatic carbocycles. The van der Waals surface area contributed by atoms with Crippen LogP contribution in [-0.2, 0) is 11.3 Å². The summed E-state index contributed by atoms with van der Waals surface area (Å²) in [7, 11) is 1.86. The Bertz CT molecular complexity index is 377. The summed E-state index contributed by atoms with van der Waals surface area (Å²) in [6.45, 7) is 3.61. The van der Waals surface area contributed by atoms with Crippen molar-refractivity contribution in [1.29, 1.82) is 0 Å². The number of aryl methyl sites for hydroxylation is 1. The van der Waals surface area contributed by atoms with Crippen molar-refractivity contribution < 1.29 is 4.79 Å². The van der Waals surface area contributed by atoms with E-state index in [1.165, 1.54) is 0 Å². The Balaban J connectivity index is 0.00000144. The third kappa shape index (κ3) is 3.66. The monoisotopic (exact) mass is 275 g/mol. The highest BCUT2D eigenvalue weighted by Crippen LogP contribution is 2.15. The quantitative estimate of drug-likeness (QED) is 0.911. The zero-order valence-electron chi connectivity index (χ0n) is 10.1. The normalized spacial score (nSPS) is 18.8. The first kappa shape index (κ1) is 14.4. The Morgan fingerprint density at radius 3 is 3.00 bits per heavy atom. The van der Waals surface area contributed by atoms with E-state index in [1.807, 2.05) is 20.2 Å². The number of rotatable bonds is 3. The molecule has 17 heavy (non-hydrogen) atoms. The summed E-state index contributed by atoms with van der Waals surface area (Å²) in [4.78, 5) is 19.1. The predicted octanol–water partition coefficient (Wildman–Crippen LogP) is 1.58. The van der Waals surface area contributed by atoms with Crippen LogP contribution in [0.5, 0.6) is 0 Å². The summed E-state index contributed by atoms with van der Waals surface area (Å²) in [6, 6.07) is 0.0269. The molecule has 1 unspecified atom stereocenters. The number of nitrogens with one attached hydrogen (secondary N) is 1. The summed E-state index contributed by atoms with van der Waals surface area (Å²) in [5.74, 6) is 0.198. The molecule has 96 valence electrons. The Kier molecular flexibility index (Phi) is 5.36. The van der Waals surface area contributed by atoms with Crippen molar-refractivity contribution >= 4 is 29.7 Å². The van der Waals surface area contributed by atoms with Crippen molar-refractivity contribution in [2.45, 2.75) is 32.4 Å². The lowest BCUT2D eigenvalue weighted by Gasteiger charge is -2.20. The molecule has 1 N–H and O–H groups in total. The number of amides is 1. The second-order valence-electron chi connectivity index (χ2n) is 4.19. The molecule has 1 saturated heterocycles. The van der Waals surface area contributed by atoms with E-state index >= 15 is 0 Å². The van der Waals surface area contributed by atoms with E-state index in [4.69, 9.17) is 0 Å². The van der Waals surface area contributed by atoms with Gasteiger partial charge in [0.25, 0.3) is 0 Å². The van der Waals surface area contributed by atoms with Crippen LogP contribution >= 0.6 is 23.7 Å². The summed E-state index contributed by atoms with van der Waals surface area (Å²) in [5.41, 5.74) is 0. The van der Waals surface area contributed by atoms with Crippen LogP contribution in [-0.4, -0.2) is 35.4 Å². The van der Waals surface area contributed by atoms with E-state index in [9.17, 15) is 4.79 Å². The molecule has 1 aliphatic heterocycles. The molecule has 1 aromatic rings. The number of hydrogen-bond donors (Lipinski definition) is 1. The summed E-state index contributed by atoms with van der Waals surface area (Å²) >= 11 is 1.65. The van der Waals surface area contributed by atoms with Gasteiger partial charge < -0.3 is 10.2 Å². The highest BCUT2D eigenvalue weighted by atomic mass is 35.5. The van der Waals surface area contributed by atoms with Gasteiger partial charge in [-0.25, -0.2) is 4.98 Å². The average Bonchev–Trinajstić information content (AvgIpc) is 2.88. The molecule has 1 aromatic heterocycles. The highest BCUT2D eigenvalue weighted by Gasteiger charge is 2.24. The summed E-state index contributed by atoms with van der Waals surface area (Å²) < 4.78 is 0. The molecule has 0 radical (unpaired) electrons.